The summed E-state index contributed by atoms with van der Waals surface area (Å²) in [6, 6.07) is -0.280. The van der Waals surface area contributed by atoms with E-state index in [-0.39, 0.29) is 17.9 Å². The van der Waals surface area contributed by atoms with Gasteiger partial charge in [0.2, 0.25) is 0 Å². The molecule has 0 bridgehead atoms. The van der Waals surface area contributed by atoms with Gasteiger partial charge < -0.3 is 10.1 Å². The van der Waals surface area contributed by atoms with E-state index in [9.17, 15) is 4.79 Å². The highest BCUT2D eigenvalue weighted by molar-refractivity contribution is 5.76. The molecule has 0 aliphatic carbocycles. The minimum absolute atomic E-state index is 0.0902. The van der Waals surface area contributed by atoms with E-state index in [1.807, 2.05) is 6.92 Å². The maximum Gasteiger partial charge on any atom is 0.323 e. The first kappa shape index (κ1) is 10.2. The fourth-order valence-electron chi connectivity index (χ4n) is 0.858. The van der Waals surface area contributed by atoms with Crippen LogP contribution in [0.25, 0.3) is 0 Å². The molecule has 0 spiro atoms. The van der Waals surface area contributed by atoms with Crippen LogP contribution in [0.2, 0.25) is 0 Å². The molecular formula is C8H15NO2. The molecule has 3 heteroatoms. The van der Waals surface area contributed by atoms with Crippen molar-refractivity contribution in [3.8, 4) is 0 Å². The van der Waals surface area contributed by atoms with Crippen molar-refractivity contribution in [3.05, 3.63) is 12.7 Å². The Bertz CT molecular complexity index is 145. The summed E-state index contributed by atoms with van der Waals surface area (Å²) in [5.74, 6) is -0.160. The number of carbonyl (C=O) groups is 1. The molecule has 0 saturated heterocycles. The third-order valence-corrected chi connectivity index (χ3v) is 1.66. The first-order valence-corrected chi connectivity index (χ1v) is 3.55. The Morgan fingerprint density at radius 3 is 2.55 bits per heavy atom. The van der Waals surface area contributed by atoms with E-state index >= 15 is 0 Å². The molecule has 0 aromatic rings. The molecule has 0 radical (unpaired) electrons. The first-order chi connectivity index (χ1) is 5.17. The second-order valence-electron chi connectivity index (χ2n) is 2.38. The van der Waals surface area contributed by atoms with Crippen LogP contribution in [-0.4, -0.2) is 26.2 Å². The van der Waals surface area contributed by atoms with Gasteiger partial charge in [0.05, 0.1) is 7.11 Å². The van der Waals surface area contributed by atoms with Crippen molar-refractivity contribution in [2.75, 3.05) is 14.2 Å². The molecule has 0 aliphatic heterocycles. The van der Waals surface area contributed by atoms with Gasteiger partial charge in [-0.2, -0.15) is 0 Å². The topological polar surface area (TPSA) is 38.3 Å². The van der Waals surface area contributed by atoms with Crippen molar-refractivity contribution in [1.29, 1.82) is 0 Å². The Morgan fingerprint density at radius 2 is 2.27 bits per heavy atom. The largest absolute Gasteiger partial charge is 0.468 e. The van der Waals surface area contributed by atoms with Gasteiger partial charge in [0, 0.05) is 0 Å². The van der Waals surface area contributed by atoms with Crippen LogP contribution >= 0.6 is 0 Å². The normalized spacial score (nSPS) is 15.2. The number of rotatable bonds is 4. The fourth-order valence-corrected chi connectivity index (χ4v) is 0.858. The molecule has 0 saturated carbocycles. The van der Waals surface area contributed by atoms with Crippen molar-refractivity contribution >= 4 is 5.97 Å². The Morgan fingerprint density at radius 1 is 1.73 bits per heavy atom. The van der Waals surface area contributed by atoms with Gasteiger partial charge in [-0.25, -0.2) is 0 Å². The smallest absolute Gasteiger partial charge is 0.323 e. The van der Waals surface area contributed by atoms with E-state index in [0.29, 0.717) is 0 Å². The summed E-state index contributed by atoms with van der Waals surface area (Å²) in [6.07, 6.45) is 1.72. The van der Waals surface area contributed by atoms with Crippen LogP contribution < -0.4 is 5.32 Å². The molecule has 11 heavy (non-hydrogen) atoms. The first-order valence-electron chi connectivity index (χ1n) is 3.55. The standard InChI is InChI=1S/C8H15NO2/c1-5-6(2)7(9-3)8(10)11-4/h5-7,9H,1H2,2-4H3/t6-,7+/m1/s1. The number of hydrogen-bond donors (Lipinski definition) is 1. The molecule has 0 fully saturated rings. The summed E-state index contributed by atoms with van der Waals surface area (Å²) < 4.78 is 4.58. The average molecular weight is 157 g/mol. The summed E-state index contributed by atoms with van der Waals surface area (Å²) in [4.78, 5) is 11.0. The second kappa shape index (κ2) is 4.91. The summed E-state index contributed by atoms with van der Waals surface area (Å²) >= 11 is 0. The van der Waals surface area contributed by atoms with Crippen molar-refractivity contribution in [3.63, 3.8) is 0 Å². The average Bonchev–Trinajstić information content (AvgIpc) is 2.05. The zero-order chi connectivity index (χ0) is 8.85. The second-order valence-corrected chi connectivity index (χ2v) is 2.38. The molecule has 0 aliphatic rings. The summed E-state index contributed by atoms with van der Waals surface area (Å²) in [5.41, 5.74) is 0. The molecule has 0 rings (SSSR count). The highest BCUT2D eigenvalue weighted by Crippen LogP contribution is 2.04. The van der Waals surface area contributed by atoms with Crippen molar-refractivity contribution in [2.45, 2.75) is 13.0 Å². The predicted molar refractivity (Wildman–Crippen MR) is 44.2 cm³/mol. The lowest BCUT2D eigenvalue weighted by Gasteiger charge is -2.17. The van der Waals surface area contributed by atoms with Gasteiger partial charge in [-0.3, -0.25) is 4.79 Å². The van der Waals surface area contributed by atoms with Gasteiger partial charge >= 0.3 is 5.97 Å². The zero-order valence-corrected chi connectivity index (χ0v) is 7.26. The summed E-state index contributed by atoms with van der Waals surface area (Å²) in [7, 11) is 3.10. The Kier molecular flexibility index (Phi) is 4.54. The van der Waals surface area contributed by atoms with Gasteiger partial charge in [0.15, 0.2) is 0 Å². The maximum atomic E-state index is 11.0. The molecular weight excluding hydrogens is 142 g/mol. The molecule has 0 amide bonds. The van der Waals surface area contributed by atoms with E-state index in [1.54, 1.807) is 13.1 Å². The van der Waals surface area contributed by atoms with Crippen LogP contribution in [0.1, 0.15) is 6.92 Å². The maximum absolute atomic E-state index is 11.0. The van der Waals surface area contributed by atoms with Gasteiger partial charge in [0.25, 0.3) is 0 Å². The molecule has 64 valence electrons. The van der Waals surface area contributed by atoms with E-state index < -0.39 is 0 Å². The summed E-state index contributed by atoms with van der Waals surface area (Å²) in [5, 5.41) is 2.86. The van der Waals surface area contributed by atoms with E-state index in [4.69, 9.17) is 0 Å². The van der Waals surface area contributed by atoms with Crippen molar-refractivity contribution in [1.82, 2.24) is 5.32 Å². The number of methoxy groups -OCH3 is 1. The van der Waals surface area contributed by atoms with Crippen LogP contribution in [0.3, 0.4) is 0 Å². The molecule has 0 unspecified atom stereocenters. The van der Waals surface area contributed by atoms with Crippen LogP contribution in [0, 0.1) is 5.92 Å². The molecule has 0 heterocycles. The molecule has 2 atom stereocenters. The highest BCUT2D eigenvalue weighted by Gasteiger charge is 2.21. The lowest BCUT2D eigenvalue weighted by molar-refractivity contribution is -0.143. The van der Waals surface area contributed by atoms with Crippen LogP contribution in [0.4, 0.5) is 0 Å². The summed E-state index contributed by atoms with van der Waals surface area (Å²) in [6.45, 7) is 5.51. The quantitative estimate of drug-likeness (QED) is 0.479. The minimum atomic E-state index is -0.280. The number of esters is 1. The SMILES string of the molecule is C=C[C@@H](C)[C@H](NC)C(=O)OC. The Labute approximate surface area is 67.4 Å². The van der Waals surface area contributed by atoms with Crippen molar-refractivity contribution in [2.24, 2.45) is 5.92 Å². The van der Waals surface area contributed by atoms with E-state index in [2.05, 4.69) is 16.6 Å². The Hall–Kier alpha value is -0.830. The third kappa shape index (κ3) is 2.72. The molecule has 0 aromatic carbocycles. The molecule has 3 nitrogen and oxygen atoms in total. The number of carbonyl (C=O) groups excluding carboxylic acids is 1. The van der Waals surface area contributed by atoms with Gasteiger partial charge in [-0.15, -0.1) is 6.58 Å². The van der Waals surface area contributed by atoms with E-state index in [1.165, 1.54) is 7.11 Å². The predicted octanol–water partition coefficient (Wildman–Crippen LogP) is 0.569. The number of ether oxygens (including phenoxy) is 1. The lowest BCUT2D eigenvalue weighted by Crippen LogP contribution is -2.39. The number of likely N-dealkylation sites (N-methyl/N-ethyl adjacent to an activating group) is 1. The lowest BCUT2D eigenvalue weighted by atomic mass is 10.0. The minimum Gasteiger partial charge on any atom is -0.468 e. The Balaban J connectivity index is 4.14. The van der Waals surface area contributed by atoms with Gasteiger partial charge in [-0.05, 0) is 13.0 Å². The highest BCUT2D eigenvalue weighted by atomic mass is 16.5. The van der Waals surface area contributed by atoms with Crippen LogP contribution in [0.5, 0.6) is 0 Å². The fraction of sp³-hybridized carbons (Fsp3) is 0.625. The molecule has 0 aromatic heterocycles. The van der Waals surface area contributed by atoms with Gasteiger partial charge in [-0.1, -0.05) is 13.0 Å². The number of nitrogens with one attached hydrogen (secondary N) is 1. The zero-order valence-electron chi connectivity index (χ0n) is 7.26. The van der Waals surface area contributed by atoms with Crippen LogP contribution in [-0.2, 0) is 9.53 Å². The molecule has 1 N–H and O–H groups in total. The van der Waals surface area contributed by atoms with E-state index in [0.717, 1.165) is 0 Å². The monoisotopic (exact) mass is 157 g/mol. The number of hydrogen-bond acceptors (Lipinski definition) is 3. The van der Waals surface area contributed by atoms with Crippen molar-refractivity contribution < 1.29 is 9.53 Å². The van der Waals surface area contributed by atoms with Crippen LogP contribution in [0.15, 0.2) is 12.7 Å². The third-order valence-electron chi connectivity index (χ3n) is 1.66. The van der Waals surface area contributed by atoms with Gasteiger partial charge in [0.1, 0.15) is 6.04 Å².